The number of thioether (sulfide) groups is 1. The zero-order chi connectivity index (χ0) is 17.0. The molecule has 1 aliphatic heterocycles. The summed E-state index contributed by atoms with van der Waals surface area (Å²) in [6.45, 7) is 0.547. The van der Waals surface area contributed by atoms with Crippen molar-refractivity contribution >= 4 is 40.9 Å². The Morgan fingerprint density at radius 1 is 1.52 bits per heavy atom. The fourth-order valence-corrected chi connectivity index (χ4v) is 3.44. The van der Waals surface area contributed by atoms with E-state index in [0.717, 1.165) is 5.75 Å². The van der Waals surface area contributed by atoms with E-state index in [2.05, 4.69) is 0 Å². The van der Waals surface area contributed by atoms with Crippen molar-refractivity contribution in [2.24, 2.45) is 5.73 Å². The molecule has 5 nitrogen and oxygen atoms in total. The lowest BCUT2D eigenvalue weighted by atomic mass is 10.1. The van der Waals surface area contributed by atoms with E-state index in [4.69, 9.17) is 17.3 Å². The summed E-state index contributed by atoms with van der Waals surface area (Å²) in [4.78, 5) is 28.2. The highest BCUT2D eigenvalue weighted by atomic mass is 35.5. The minimum absolute atomic E-state index is 0.106. The summed E-state index contributed by atoms with van der Waals surface area (Å²) < 4.78 is 0. The third-order valence-corrected chi connectivity index (χ3v) is 5.05. The number of para-hydroxylation sites is 1. The topological polar surface area (TPSA) is 66.6 Å². The molecule has 0 unspecified atom stereocenters. The van der Waals surface area contributed by atoms with Gasteiger partial charge in [0.1, 0.15) is 6.04 Å². The van der Waals surface area contributed by atoms with Crippen LogP contribution in [0.3, 0.4) is 0 Å². The zero-order valence-electron chi connectivity index (χ0n) is 13.4. The highest BCUT2D eigenvalue weighted by molar-refractivity contribution is 7.98. The Morgan fingerprint density at radius 3 is 2.87 bits per heavy atom. The number of anilines is 1. The minimum Gasteiger partial charge on any atom is -0.332 e. The predicted octanol–water partition coefficient (Wildman–Crippen LogP) is 1.98. The second-order valence-corrected chi connectivity index (χ2v) is 6.98. The van der Waals surface area contributed by atoms with E-state index in [-0.39, 0.29) is 11.8 Å². The Hall–Kier alpha value is -1.24. The number of hydrogen-bond acceptors (Lipinski definition) is 4. The van der Waals surface area contributed by atoms with Gasteiger partial charge >= 0.3 is 0 Å². The SMILES string of the molecule is CSCC[C@@H](N)C(=O)N(C)[C@@H]1CCN(c2ccccc2Cl)C1=O. The first-order chi connectivity index (χ1) is 11.0. The summed E-state index contributed by atoms with van der Waals surface area (Å²) in [6, 6.07) is 6.20. The van der Waals surface area contributed by atoms with Gasteiger partial charge in [0, 0.05) is 13.6 Å². The first-order valence-electron chi connectivity index (χ1n) is 7.54. The molecular weight excluding hydrogens is 334 g/mol. The van der Waals surface area contributed by atoms with Crippen molar-refractivity contribution in [1.29, 1.82) is 0 Å². The Balaban J connectivity index is 2.06. The first kappa shape index (κ1) is 18.1. The van der Waals surface area contributed by atoms with Gasteiger partial charge in [-0.1, -0.05) is 23.7 Å². The van der Waals surface area contributed by atoms with Crippen LogP contribution in [0.4, 0.5) is 5.69 Å². The van der Waals surface area contributed by atoms with Crippen LogP contribution in [0.25, 0.3) is 0 Å². The summed E-state index contributed by atoms with van der Waals surface area (Å²) in [5.41, 5.74) is 6.63. The van der Waals surface area contributed by atoms with Gasteiger partial charge in [0.05, 0.1) is 16.8 Å². The molecule has 1 heterocycles. The van der Waals surface area contributed by atoms with E-state index in [9.17, 15) is 9.59 Å². The Kier molecular flexibility index (Phi) is 6.33. The van der Waals surface area contributed by atoms with Crippen molar-refractivity contribution in [3.05, 3.63) is 29.3 Å². The quantitative estimate of drug-likeness (QED) is 0.847. The number of nitrogens with two attached hydrogens (primary N) is 1. The van der Waals surface area contributed by atoms with E-state index in [0.29, 0.717) is 30.1 Å². The molecule has 1 aromatic carbocycles. The molecule has 0 aliphatic carbocycles. The normalized spacial score (nSPS) is 19.0. The molecule has 2 amide bonds. The van der Waals surface area contributed by atoms with Crippen molar-refractivity contribution in [2.75, 3.05) is 30.5 Å². The monoisotopic (exact) mass is 355 g/mol. The first-order valence-corrected chi connectivity index (χ1v) is 9.31. The number of carbonyl (C=O) groups excluding carboxylic acids is 2. The molecule has 1 aliphatic rings. The molecule has 2 N–H and O–H groups in total. The van der Waals surface area contributed by atoms with Gasteiger partial charge in [-0.15, -0.1) is 0 Å². The predicted molar refractivity (Wildman–Crippen MR) is 96.0 cm³/mol. The van der Waals surface area contributed by atoms with Crippen LogP contribution in [-0.2, 0) is 9.59 Å². The standard InChI is InChI=1S/C16H22ClN3O2S/c1-19(15(21)12(18)8-10-23-2)14-7-9-20(16(14)22)13-6-4-3-5-11(13)17/h3-6,12,14H,7-10,18H2,1-2H3/t12-,14-/m1/s1. The van der Waals surface area contributed by atoms with Crippen LogP contribution in [-0.4, -0.2) is 54.4 Å². The fraction of sp³-hybridized carbons (Fsp3) is 0.500. The average molecular weight is 356 g/mol. The Morgan fingerprint density at radius 2 is 2.22 bits per heavy atom. The van der Waals surface area contributed by atoms with Crippen LogP contribution in [0.5, 0.6) is 0 Å². The maximum atomic E-state index is 12.7. The van der Waals surface area contributed by atoms with E-state index in [1.54, 1.807) is 29.8 Å². The Bertz CT molecular complexity index is 584. The molecule has 1 saturated heterocycles. The van der Waals surface area contributed by atoms with Crippen LogP contribution in [0, 0.1) is 0 Å². The molecule has 0 radical (unpaired) electrons. The van der Waals surface area contributed by atoms with Crippen molar-refractivity contribution in [2.45, 2.75) is 24.9 Å². The lowest BCUT2D eigenvalue weighted by Crippen LogP contribution is -2.49. The van der Waals surface area contributed by atoms with Gasteiger partial charge < -0.3 is 15.5 Å². The van der Waals surface area contributed by atoms with Gasteiger partial charge in [-0.3, -0.25) is 9.59 Å². The number of benzene rings is 1. The number of amides is 2. The number of likely N-dealkylation sites (N-methyl/N-ethyl adjacent to an activating group) is 1. The Labute approximate surface area is 146 Å². The summed E-state index contributed by atoms with van der Waals surface area (Å²) >= 11 is 7.82. The van der Waals surface area contributed by atoms with E-state index in [1.807, 2.05) is 24.5 Å². The molecule has 0 saturated carbocycles. The van der Waals surface area contributed by atoms with Gasteiger partial charge in [-0.05, 0) is 37.0 Å². The molecule has 0 spiro atoms. The number of nitrogens with zero attached hydrogens (tertiary/aromatic N) is 2. The molecule has 2 rings (SSSR count). The third kappa shape index (κ3) is 4.00. The minimum atomic E-state index is -0.561. The summed E-state index contributed by atoms with van der Waals surface area (Å²) in [6.07, 6.45) is 3.17. The fourth-order valence-electron chi connectivity index (χ4n) is 2.72. The number of rotatable bonds is 6. The van der Waals surface area contributed by atoms with Crippen molar-refractivity contribution in [3.8, 4) is 0 Å². The summed E-state index contributed by atoms with van der Waals surface area (Å²) in [7, 11) is 1.65. The van der Waals surface area contributed by atoms with Crippen LogP contribution in [0.1, 0.15) is 12.8 Å². The second kappa shape index (κ2) is 8.04. The average Bonchev–Trinajstić information content (AvgIpc) is 2.93. The summed E-state index contributed by atoms with van der Waals surface area (Å²) in [5.74, 6) is 0.537. The highest BCUT2D eigenvalue weighted by Gasteiger charge is 2.38. The van der Waals surface area contributed by atoms with Crippen molar-refractivity contribution in [3.63, 3.8) is 0 Å². The largest absolute Gasteiger partial charge is 0.332 e. The maximum absolute atomic E-state index is 12.7. The number of carbonyl (C=O) groups is 2. The smallest absolute Gasteiger partial charge is 0.249 e. The third-order valence-electron chi connectivity index (χ3n) is 4.09. The molecular formula is C16H22ClN3O2S. The van der Waals surface area contributed by atoms with Crippen LogP contribution >= 0.6 is 23.4 Å². The van der Waals surface area contributed by atoms with E-state index in [1.165, 1.54) is 4.90 Å². The van der Waals surface area contributed by atoms with Gasteiger partial charge in [0.2, 0.25) is 11.8 Å². The van der Waals surface area contributed by atoms with Crippen LogP contribution in [0.15, 0.2) is 24.3 Å². The number of hydrogen-bond donors (Lipinski definition) is 1. The second-order valence-electron chi connectivity index (χ2n) is 5.58. The highest BCUT2D eigenvalue weighted by Crippen LogP contribution is 2.30. The van der Waals surface area contributed by atoms with E-state index >= 15 is 0 Å². The molecule has 0 bridgehead atoms. The lowest BCUT2D eigenvalue weighted by molar-refractivity contribution is -0.137. The lowest BCUT2D eigenvalue weighted by Gasteiger charge is -2.26. The molecule has 23 heavy (non-hydrogen) atoms. The van der Waals surface area contributed by atoms with E-state index < -0.39 is 12.1 Å². The molecule has 126 valence electrons. The molecule has 0 aromatic heterocycles. The molecule has 1 aromatic rings. The number of halogens is 1. The maximum Gasteiger partial charge on any atom is 0.249 e. The van der Waals surface area contributed by atoms with Crippen LogP contribution in [0.2, 0.25) is 5.02 Å². The molecule has 1 fully saturated rings. The van der Waals surface area contributed by atoms with Gasteiger partial charge in [0.25, 0.3) is 0 Å². The van der Waals surface area contributed by atoms with Gasteiger partial charge in [-0.2, -0.15) is 11.8 Å². The summed E-state index contributed by atoms with van der Waals surface area (Å²) in [5, 5.41) is 0.534. The van der Waals surface area contributed by atoms with Crippen molar-refractivity contribution in [1.82, 2.24) is 4.90 Å². The van der Waals surface area contributed by atoms with Crippen molar-refractivity contribution < 1.29 is 9.59 Å². The van der Waals surface area contributed by atoms with Gasteiger partial charge in [-0.25, -0.2) is 0 Å². The van der Waals surface area contributed by atoms with Gasteiger partial charge in [0.15, 0.2) is 0 Å². The molecule has 7 heteroatoms. The zero-order valence-corrected chi connectivity index (χ0v) is 14.9. The molecule has 2 atom stereocenters. The van der Waals surface area contributed by atoms with Crippen LogP contribution < -0.4 is 10.6 Å².